The van der Waals surface area contributed by atoms with Gasteiger partial charge in [0.05, 0.1) is 0 Å². The zero-order chi connectivity index (χ0) is 15.3. The van der Waals surface area contributed by atoms with Crippen LogP contribution in [0.25, 0.3) is 0 Å². The van der Waals surface area contributed by atoms with E-state index in [4.69, 9.17) is 10.5 Å². The van der Waals surface area contributed by atoms with E-state index in [1.165, 1.54) is 16.7 Å². The van der Waals surface area contributed by atoms with E-state index in [2.05, 4.69) is 37.4 Å². The van der Waals surface area contributed by atoms with E-state index >= 15 is 0 Å². The Balaban J connectivity index is 2.65. The fraction of sp³-hybridized carbons (Fsp3) is 0.562. The molecule has 4 nitrogen and oxygen atoms in total. The summed E-state index contributed by atoms with van der Waals surface area (Å²) >= 11 is 0. The van der Waals surface area contributed by atoms with Gasteiger partial charge in [-0.2, -0.15) is 0 Å². The minimum Gasteiger partial charge on any atom is -0.444 e. The van der Waals surface area contributed by atoms with Crippen LogP contribution in [-0.2, 0) is 11.2 Å². The molecule has 4 heteroatoms. The first-order chi connectivity index (χ1) is 9.21. The molecule has 0 aliphatic rings. The second-order valence-electron chi connectivity index (χ2n) is 6.21. The summed E-state index contributed by atoms with van der Waals surface area (Å²) in [4.78, 5) is 11.8. The number of amides is 1. The zero-order valence-corrected chi connectivity index (χ0v) is 13.1. The average molecular weight is 278 g/mol. The zero-order valence-electron chi connectivity index (χ0n) is 13.1. The smallest absolute Gasteiger partial charge is 0.407 e. The number of nitrogens with one attached hydrogen (secondary N) is 1. The Morgan fingerprint density at radius 1 is 1.35 bits per heavy atom. The molecule has 0 radical (unpaired) electrons. The number of rotatable bonds is 4. The van der Waals surface area contributed by atoms with Crippen molar-refractivity contribution in [1.82, 2.24) is 5.32 Å². The van der Waals surface area contributed by atoms with Gasteiger partial charge in [0, 0.05) is 12.6 Å². The lowest BCUT2D eigenvalue weighted by molar-refractivity contribution is 0.0506. The van der Waals surface area contributed by atoms with E-state index in [9.17, 15) is 4.79 Å². The molecule has 3 N–H and O–H groups in total. The number of carbonyl (C=O) groups excluding carboxylic acids is 1. The molecule has 0 aromatic heterocycles. The summed E-state index contributed by atoms with van der Waals surface area (Å²) < 4.78 is 5.25. The van der Waals surface area contributed by atoms with Gasteiger partial charge in [-0.1, -0.05) is 23.8 Å². The topological polar surface area (TPSA) is 64.3 Å². The van der Waals surface area contributed by atoms with Gasteiger partial charge >= 0.3 is 6.09 Å². The summed E-state index contributed by atoms with van der Waals surface area (Å²) in [7, 11) is 0. The van der Waals surface area contributed by atoms with Gasteiger partial charge in [-0.05, 0) is 52.2 Å². The fourth-order valence-corrected chi connectivity index (χ4v) is 2.01. The van der Waals surface area contributed by atoms with Gasteiger partial charge in [-0.25, -0.2) is 4.79 Å². The third-order valence-corrected chi connectivity index (χ3v) is 2.97. The number of benzene rings is 1. The van der Waals surface area contributed by atoms with Crippen molar-refractivity contribution in [3.8, 4) is 0 Å². The Morgan fingerprint density at radius 2 is 2.00 bits per heavy atom. The molecule has 0 bridgehead atoms. The summed E-state index contributed by atoms with van der Waals surface area (Å²) in [5, 5.41) is 2.83. The highest BCUT2D eigenvalue weighted by molar-refractivity contribution is 5.68. The lowest BCUT2D eigenvalue weighted by atomic mass is 9.99. The third kappa shape index (κ3) is 5.61. The van der Waals surface area contributed by atoms with Crippen LogP contribution >= 0.6 is 0 Å². The van der Waals surface area contributed by atoms with Crippen LogP contribution in [0, 0.1) is 13.8 Å². The van der Waals surface area contributed by atoms with Crippen molar-refractivity contribution in [1.29, 1.82) is 0 Å². The van der Waals surface area contributed by atoms with Crippen LogP contribution in [0.1, 0.15) is 37.5 Å². The SMILES string of the molecule is Cc1ccc(CC(CN)NC(=O)OC(C)(C)C)c(C)c1. The highest BCUT2D eigenvalue weighted by Gasteiger charge is 2.19. The number of nitrogens with two attached hydrogens (primary N) is 1. The van der Waals surface area contributed by atoms with Crippen LogP contribution in [0.2, 0.25) is 0 Å². The molecular weight excluding hydrogens is 252 g/mol. The lowest BCUT2D eigenvalue weighted by Gasteiger charge is -2.23. The van der Waals surface area contributed by atoms with Gasteiger partial charge < -0.3 is 15.8 Å². The van der Waals surface area contributed by atoms with E-state index in [1.54, 1.807) is 0 Å². The van der Waals surface area contributed by atoms with Gasteiger partial charge in [-0.3, -0.25) is 0 Å². The third-order valence-electron chi connectivity index (χ3n) is 2.97. The number of aryl methyl sites for hydroxylation is 2. The van der Waals surface area contributed by atoms with E-state index in [0.29, 0.717) is 13.0 Å². The van der Waals surface area contributed by atoms with E-state index < -0.39 is 11.7 Å². The van der Waals surface area contributed by atoms with Gasteiger partial charge in [0.15, 0.2) is 0 Å². The first kappa shape index (κ1) is 16.5. The Labute approximate surface area is 121 Å². The van der Waals surface area contributed by atoms with Gasteiger partial charge in [0.2, 0.25) is 0 Å². The van der Waals surface area contributed by atoms with Crippen molar-refractivity contribution < 1.29 is 9.53 Å². The average Bonchev–Trinajstić information content (AvgIpc) is 2.29. The molecule has 20 heavy (non-hydrogen) atoms. The van der Waals surface area contributed by atoms with Crippen molar-refractivity contribution in [3.63, 3.8) is 0 Å². The minimum absolute atomic E-state index is 0.119. The molecule has 112 valence electrons. The van der Waals surface area contributed by atoms with E-state index in [-0.39, 0.29) is 6.04 Å². The maximum atomic E-state index is 11.8. The quantitative estimate of drug-likeness (QED) is 0.890. The molecular formula is C16H26N2O2. The maximum absolute atomic E-state index is 11.8. The van der Waals surface area contributed by atoms with Crippen molar-refractivity contribution in [2.45, 2.75) is 52.7 Å². The van der Waals surface area contributed by atoms with Crippen LogP contribution < -0.4 is 11.1 Å². The molecule has 0 saturated carbocycles. The van der Waals surface area contributed by atoms with Gasteiger partial charge in [0.1, 0.15) is 5.60 Å². The molecule has 0 fully saturated rings. The van der Waals surface area contributed by atoms with Crippen LogP contribution in [-0.4, -0.2) is 24.3 Å². The van der Waals surface area contributed by atoms with Gasteiger partial charge in [0.25, 0.3) is 0 Å². The number of hydrogen-bond acceptors (Lipinski definition) is 3. The molecule has 1 aromatic carbocycles. The molecule has 0 spiro atoms. The molecule has 1 amide bonds. The molecule has 0 aliphatic carbocycles. The van der Waals surface area contributed by atoms with Gasteiger partial charge in [-0.15, -0.1) is 0 Å². The highest BCUT2D eigenvalue weighted by atomic mass is 16.6. The van der Waals surface area contributed by atoms with E-state index in [1.807, 2.05) is 20.8 Å². The number of alkyl carbamates (subject to hydrolysis) is 1. The molecule has 1 rings (SSSR count). The minimum atomic E-state index is -0.497. The lowest BCUT2D eigenvalue weighted by Crippen LogP contribution is -2.44. The summed E-state index contributed by atoms with van der Waals surface area (Å²) in [6.45, 7) is 10.0. The summed E-state index contributed by atoms with van der Waals surface area (Å²) in [6.07, 6.45) is 0.291. The second-order valence-corrected chi connectivity index (χ2v) is 6.21. The Hall–Kier alpha value is -1.55. The van der Waals surface area contributed by atoms with Crippen LogP contribution in [0.5, 0.6) is 0 Å². The van der Waals surface area contributed by atoms with Crippen LogP contribution in [0.3, 0.4) is 0 Å². The van der Waals surface area contributed by atoms with Crippen LogP contribution in [0.15, 0.2) is 18.2 Å². The Kier molecular flexibility index (Phi) is 5.57. The first-order valence-corrected chi connectivity index (χ1v) is 6.97. The molecule has 1 unspecified atom stereocenters. The maximum Gasteiger partial charge on any atom is 0.407 e. The summed E-state index contributed by atoms with van der Waals surface area (Å²) in [5.41, 5.74) is 8.89. The molecule has 0 saturated heterocycles. The number of carbonyl (C=O) groups is 1. The monoisotopic (exact) mass is 278 g/mol. The second kappa shape index (κ2) is 6.75. The van der Waals surface area contributed by atoms with Crippen molar-refractivity contribution >= 4 is 6.09 Å². The molecule has 1 atom stereocenters. The summed E-state index contributed by atoms with van der Waals surface area (Å²) in [6, 6.07) is 6.18. The summed E-state index contributed by atoms with van der Waals surface area (Å²) in [5.74, 6) is 0. The normalized spacial score (nSPS) is 12.9. The van der Waals surface area contributed by atoms with Crippen molar-refractivity contribution in [3.05, 3.63) is 34.9 Å². The predicted molar refractivity (Wildman–Crippen MR) is 81.8 cm³/mol. The fourth-order valence-electron chi connectivity index (χ4n) is 2.01. The Bertz CT molecular complexity index is 464. The Morgan fingerprint density at radius 3 is 2.50 bits per heavy atom. The molecule has 0 aliphatic heterocycles. The predicted octanol–water partition coefficient (Wildman–Crippen LogP) is 2.70. The molecule has 1 aromatic rings. The standard InChI is InChI=1S/C16H26N2O2/c1-11-6-7-13(12(2)8-11)9-14(10-17)18-15(19)20-16(3,4)5/h6-8,14H,9-10,17H2,1-5H3,(H,18,19). The van der Waals surface area contributed by atoms with Crippen molar-refractivity contribution in [2.24, 2.45) is 5.73 Å². The van der Waals surface area contributed by atoms with Crippen LogP contribution in [0.4, 0.5) is 4.79 Å². The number of ether oxygens (including phenoxy) is 1. The van der Waals surface area contributed by atoms with Crippen molar-refractivity contribution in [2.75, 3.05) is 6.54 Å². The first-order valence-electron chi connectivity index (χ1n) is 6.97. The number of hydrogen-bond donors (Lipinski definition) is 2. The highest BCUT2D eigenvalue weighted by Crippen LogP contribution is 2.13. The largest absolute Gasteiger partial charge is 0.444 e. The van der Waals surface area contributed by atoms with E-state index in [0.717, 1.165) is 0 Å². The molecule has 0 heterocycles.